The molecule has 1 saturated carbocycles. The predicted molar refractivity (Wildman–Crippen MR) is 108 cm³/mol. The lowest BCUT2D eigenvalue weighted by Crippen LogP contribution is -2.03. The zero-order chi connectivity index (χ0) is 21.5. The molecule has 4 aromatic rings. The summed E-state index contributed by atoms with van der Waals surface area (Å²) in [6.07, 6.45) is 5.78. The normalized spacial score (nSPS) is 17.4. The van der Waals surface area contributed by atoms with Crippen molar-refractivity contribution < 1.29 is 13.9 Å². The summed E-state index contributed by atoms with van der Waals surface area (Å²) in [4.78, 5) is 12.9. The maximum atomic E-state index is 14.5. The van der Waals surface area contributed by atoms with E-state index in [-0.39, 0.29) is 23.7 Å². The molecule has 0 bridgehead atoms. The maximum Gasteiger partial charge on any atom is 0.319 e. The van der Waals surface area contributed by atoms with Crippen LogP contribution in [0.5, 0.6) is 11.9 Å². The highest BCUT2D eigenvalue weighted by Crippen LogP contribution is 2.56. The number of aromatic nitrogens is 5. The van der Waals surface area contributed by atoms with E-state index in [0.29, 0.717) is 33.9 Å². The molecular formula is C22H17FN6O2. The average molecular weight is 416 g/mol. The molecule has 5 rings (SSSR count). The molecule has 0 amide bonds. The van der Waals surface area contributed by atoms with E-state index in [1.54, 1.807) is 29.2 Å². The van der Waals surface area contributed by atoms with Crippen LogP contribution in [0.15, 0.2) is 42.9 Å². The summed E-state index contributed by atoms with van der Waals surface area (Å²) in [6.45, 7) is 0. The molecule has 0 saturated heterocycles. The summed E-state index contributed by atoms with van der Waals surface area (Å²) in [5.41, 5.74) is 3.87. The van der Waals surface area contributed by atoms with E-state index < -0.39 is 0 Å². The van der Waals surface area contributed by atoms with Crippen LogP contribution in [-0.4, -0.2) is 38.8 Å². The van der Waals surface area contributed by atoms with E-state index in [0.717, 1.165) is 12.0 Å². The molecule has 0 aliphatic heterocycles. The zero-order valence-electron chi connectivity index (χ0n) is 16.8. The Morgan fingerprint density at radius 1 is 1.13 bits per heavy atom. The summed E-state index contributed by atoms with van der Waals surface area (Å²) in [7, 11) is 3.00. The van der Waals surface area contributed by atoms with Crippen molar-refractivity contribution in [2.24, 2.45) is 0 Å². The minimum absolute atomic E-state index is 0.0296. The van der Waals surface area contributed by atoms with Gasteiger partial charge in [-0.2, -0.15) is 15.3 Å². The van der Waals surface area contributed by atoms with Crippen LogP contribution < -0.4 is 9.47 Å². The lowest BCUT2D eigenvalue weighted by molar-refractivity contribution is 0.353. The largest absolute Gasteiger partial charge is 0.480 e. The van der Waals surface area contributed by atoms with E-state index in [1.807, 2.05) is 6.07 Å². The maximum absolute atomic E-state index is 14.5. The number of benzene rings is 1. The molecule has 1 aliphatic carbocycles. The summed E-state index contributed by atoms with van der Waals surface area (Å²) in [5, 5.41) is 13.8. The van der Waals surface area contributed by atoms with Crippen LogP contribution in [0.3, 0.4) is 0 Å². The number of nitriles is 1. The number of hydrogen-bond acceptors (Lipinski definition) is 7. The predicted octanol–water partition coefficient (Wildman–Crippen LogP) is 3.49. The lowest BCUT2D eigenvalue weighted by atomic mass is 10.0. The van der Waals surface area contributed by atoms with E-state index in [4.69, 9.17) is 9.47 Å². The first-order chi connectivity index (χ1) is 15.1. The number of imidazole rings is 1. The van der Waals surface area contributed by atoms with Gasteiger partial charge in [-0.3, -0.25) is 0 Å². The third-order valence-corrected chi connectivity index (χ3v) is 5.49. The molecule has 1 aliphatic rings. The minimum atomic E-state index is -0.301. The van der Waals surface area contributed by atoms with Gasteiger partial charge in [-0.15, -0.1) is 0 Å². The SMILES string of the molecule is COc1ncc(-c2cc([C@H]3C[C@@H]3c3cc(C#N)ccc3F)c3nccn3n2)c(OC)n1. The Bertz CT molecular complexity index is 1350. The van der Waals surface area contributed by atoms with Crippen LogP contribution in [0.1, 0.15) is 34.9 Å². The minimum Gasteiger partial charge on any atom is -0.480 e. The van der Waals surface area contributed by atoms with Gasteiger partial charge in [0.2, 0.25) is 5.88 Å². The molecule has 0 spiro atoms. The second kappa shape index (κ2) is 7.32. The fourth-order valence-electron chi connectivity index (χ4n) is 3.91. The van der Waals surface area contributed by atoms with Gasteiger partial charge in [-0.25, -0.2) is 18.9 Å². The number of hydrogen-bond donors (Lipinski definition) is 0. The molecule has 3 heterocycles. The van der Waals surface area contributed by atoms with Gasteiger partial charge in [0.25, 0.3) is 0 Å². The van der Waals surface area contributed by atoms with Crippen LogP contribution >= 0.6 is 0 Å². The fourth-order valence-corrected chi connectivity index (χ4v) is 3.91. The molecule has 3 aromatic heterocycles. The Balaban J connectivity index is 1.59. The summed E-state index contributed by atoms with van der Waals surface area (Å²) >= 11 is 0. The van der Waals surface area contributed by atoms with Crippen molar-refractivity contribution in [2.75, 3.05) is 14.2 Å². The Labute approximate surface area is 176 Å². The van der Waals surface area contributed by atoms with Crippen molar-refractivity contribution in [3.8, 4) is 29.2 Å². The van der Waals surface area contributed by atoms with Crippen LogP contribution in [-0.2, 0) is 0 Å². The highest BCUT2D eigenvalue weighted by atomic mass is 19.1. The number of halogens is 1. The fraction of sp³-hybridized carbons (Fsp3) is 0.227. The van der Waals surface area contributed by atoms with Crippen molar-refractivity contribution >= 4 is 5.65 Å². The third-order valence-electron chi connectivity index (χ3n) is 5.49. The van der Waals surface area contributed by atoms with Gasteiger partial charge in [0.05, 0.1) is 37.1 Å². The number of rotatable bonds is 5. The molecule has 154 valence electrons. The molecule has 1 aromatic carbocycles. The Morgan fingerprint density at radius 2 is 1.97 bits per heavy atom. The second-order valence-electron chi connectivity index (χ2n) is 7.26. The van der Waals surface area contributed by atoms with Crippen molar-refractivity contribution in [3.63, 3.8) is 0 Å². The first-order valence-corrected chi connectivity index (χ1v) is 9.62. The van der Waals surface area contributed by atoms with Gasteiger partial charge in [0, 0.05) is 24.2 Å². The van der Waals surface area contributed by atoms with Crippen molar-refractivity contribution in [1.82, 2.24) is 24.6 Å². The van der Waals surface area contributed by atoms with E-state index in [1.165, 1.54) is 26.4 Å². The molecule has 8 nitrogen and oxygen atoms in total. The van der Waals surface area contributed by atoms with Crippen molar-refractivity contribution in [1.29, 1.82) is 5.26 Å². The van der Waals surface area contributed by atoms with Crippen LogP contribution in [0.2, 0.25) is 0 Å². The number of methoxy groups -OCH3 is 2. The first kappa shape index (κ1) is 18.9. The monoisotopic (exact) mass is 416 g/mol. The Morgan fingerprint density at radius 3 is 2.74 bits per heavy atom. The van der Waals surface area contributed by atoms with Gasteiger partial charge in [0.15, 0.2) is 5.65 Å². The summed E-state index contributed by atoms with van der Waals surface area (Å²) in [6, 6.07) is 8.67. The van der Waals surface area contributed by atoms with Crippen molar-refractivity contribution in [2.45, 2.75) is 18.3 Å². The average Bonchev–Trinajstić information content (AvgIpc) is 3.45. The van der Waals surface area contributed by atoms with Crippen LogP contribution in [0.25, 0.3) is 16.9 Å². The van der Waals surface area contributed by atoms with Gasteiger partial charge >= 0.3 is 6.01 Å². The summed E-state index contributed by atoms with van der Waals surface area (Å²) < 4.78 is 26.6. The van der Waals surface area contributed by atoms with Gasteiger partial charge in [-0.1, -0.05) is 0 Å². The number of fused-ring (bicyclic) bond motifs is 1. The zero-order valence-corrected chi connectivity index (χ0v) is 16.8. The summed E-state index contributed by atoms with van der Waals surface area (Å²) in [5.74, 6) is 0.0635. The molecular weight excluding hydrogens is 399 g/mol. The van der Waals surface area contributed by atoms with Gasteiger partial charge < -0.3 is 9.47 Å². The smallest absolute Gasteiger partial charge is 0.319 e. The molecule has 0 unspecified atom stereocenters. The quantitative estimate of drug-likeness (QED) is 0.491. The lowest BCUT2D eigenvalue weighted by Gasteiger charge is -2.11. The highest BCUT2D eigenvalue weighted by molar-refractivity contribution is 5.68. The highest BCUT2D eigenvalue weighted by Gasteiger charge is 2.43. The molecule has 0 radical (unpaired) electrons. The molecule has 1 fully saturated rings. The van der Waals surface area contributed by atoms with Gasteiger partial charge in [-0.05, 0) is 48.1 Å². The topological polar surface area (TPSA) is 98.2 Å². The van der Waals surface area contributed by atoms with Crippen LogP contribution in [0.4, 0.5) is 4.39 Å². The number of nitrogens with zero attached hydrogens (tertiary/aromatic N) is 6. The van der Waals surface area contributed by atoms with E-state index in [2.05, 4.69) is 26.1 Å². The standard InChI is InChI=1S/C22H17FN6O2/c1-30-21-17(11-26-22(27-21)31-2)19-9-16(20-25-5-6-29(20)28-19)14-8-13(14)15-7-12(10-24)3-4-18(15)23/h3-7,9,11,13-14H,8H2,1-2H3/t13-,14-/m0/s1. The van der Waals surface area contributed by atoms with Gasteiger partial charge in [0.1, 0.15) is 5.82 Å². The Kier molecular flexibility index (Phi) is 4.47. The second-order valence-corrected chi connectivity index (χ2v) is 7.26. The molecule has 31 heavy (non-hydrogen) atoms. The molecule has 0 N–H and O–H groups in total. The molecule has 9 heteroatoms. The van der Waals surface area contributed by atoms with E-state index in [9.17, 15) is 9.65 Å². The van der Waals surface area contributed by atoms with E-state index >= 15 is 0 Å². The first-order valence-electron chi connectivity index (χ1n) is 9.62. The molecule has 2 atom stereocenters. The number of ether oxygens (including phenoxy) is 2. The van der Waals surface area contributed by atoms with Crippen LogP contribution in [0, 0.1) is 17.1 Å². The van der Waals surface area contributed by atoms with Crippen molar-refractivity contribution in [3.05, 3.63) is 65.4 Å². The Hall–Kier alpha value is -4.06. The third kappa shape index (κ3) is 3.22.